The molecule has 3 heterocycles. The number of anilines is 3. The Morgan fingerprint density at radius 2 is 1.26 bits per heavy atom. The average Bonchev–Trinajstić information content (AvgIpc) is 3.81. The van der Waals surface area contributed by atoms with Crippen molar-refractivity contribution in [3.63, 3.8) is 0 Å². The van der Waals surface area contributed by atoms with Gasteiger partial charge < -0.3 is 14.4 Å². The van der Waals surface area contributed by atoms with Crippen LogP contribution >= 0.6 is 0 Å². The van der Waals surface area contributed by atoms with Crippen LogP contribution < -0.4 is 9.80 Å². The number of hydrogen-bond donors (Lipinski definition) is 0. The van der Waals surface area contributed by atoms with Crippen molar-refractivity contribution in [2.45, 2.75) is 0 Å². The average molecular weight is 786 g/mol. The first kappa shape index (κ1) is 29.0. The largest absolute Gasteiger partial charge is 0.504 e. The fraction of sp³-hybridized carbons (Fsp3) is 0.0244. The Hall–Kier alpha value is -5.38. The molecule has 6 aromatic carbocycles. The summed E-state index contributed by atoms with van der Waals surface area (Å²) in [7, 11) is 2.08. The van der Waals surface area contributed by atoms with Crippen molar-refractivity contribution < 1.29 is 21.1 Å². The summed E-state index contributed by atoms with van der Waals surface area (Å²) in [5, 5.41) is 7.45. The van der Waals surface area contributed by atoms with Gasteiger partial charge in [0.2, 0.25) is 0 Å². The molecule has 1 aliphatic heterocycles. The third-order valence-electron chi connectivity index (χ3n) is 8.74. The van der Waals surface area contributed by atoms with Crippen molar-refractivity contribution in [3.8, 4) is 33.8 Å². The van der Waals surface area contributed by atoms with Crippen LogP contribution in [-0.2, 0) is 21.1 Å². The molecule has 0 radical (unpaired) electrons. The van der Waals surface area contributed by atoms with E-state index in [1.54, 1.807) is 0 Å². The summed E-state index contributed by atoms with van der Waals surface area (Å²) in [5.41, 5.74) is 11.4. The molecule has 0 unspecified atom stereocenters. The zero-order valence-corrected chi connectivity index (χ0v) is 27.8. The normalized spacial score (nSPS) is 12.4. The molecule has 5 nitrogen and oxygen atoms in total. The molecule has 0 bridgehead atoms. The molecular weight excluding hydrogens is 758 g/mol. The Balaban J connectivity index is 0.00000324. The number of hydrogen-bond acceptors (Lipinski definition) is 3. The van der Waals surface area contributed by atoms with Gasteiger partial charge in [-0.1, -0.05) is 102 Å². The first-order chi connectivity index (χ1) is 22.7. The molecule has 0 atom stereocenters. The molecule has 0 N–H and O–H groups in total. The molecule has 0 spiro atoms. The molecule has 6 heteroatoms. The Morgan fingerprint density at radius 1 is 0.574 bits per heavy atom. The summed E-state index contributed by atoms with van der Waals surface area (Å²) in [6.45, 7) is 2.11. The molecule has 1 aliphatic rings. The smallest absolute Gasteiger partial charge is 0.100 e. The molecule has 2 aromatic heterocycles. The maximum atomic E-state index is 5.14. The third-order valence-corrected chi connectivity index (χ3v) is 8.74. The van der Waals surface area contributed by atoms with Gasteiger partial charge in [-0.15, -0.1) is 41.4 Å². The summed E-state index contributed by atoms with van der Waals surface area (Å²) in [4.78, 5) is 4.34. The van der Waals surface area contributed by atoms with Crippen LogP contribution in [0.2, 0.25) is 0 Å². The predicted octanol–water partition coefficient (Wildman–Crippen LogP) is 9.61. The van der Waals surface area contributed by atoms with E-state index < -0.39 is 0 Å². The zero-order chi connectivity index (χ0) is 30.6. The minimum Gasteiger partial charge on any atom is -0.504 e. The van der Waals surface area contributed by atoms with Crippen molar-refractivity contribution in [2.75, 3.05) is 16.8 Å². The van der Waals surface area contributed by atoms with E-state index in [9.17, 15) is 0 Å². The first-order valence-electron chi connectivity index (χ1n) is 15.4. The van der Waals surface area contributed by atoms with E-state index in [0.717, 1.165) is 61.6 Å². The summed E-state index contributed by atoms with van der Waals surface area (Å²) in [5.74, 6) is 0. The fourth-order valence-corrected chi connectivity index (χ4v) is 6.57. The molecule has 230 valence electrons. The maximum Gasteiger partial charge on any atom is 0.100 e. The van der Waals surface area contributed by atoms with Crippen molar-refractivity contribution in [1.82, 2.24) is 14.3 Å². The van der Waals surface area contributed by atoms with E-state index in [1.807, 2.05) is 16.8 Å². The summed E-state index contributed by atoms with van der Waals surface area (Å²) >= 11 is 0. The maximum absolute atomic E-state index is 5.14. The summed E-state index contributed by atoms with van der Waals surface area (Å²) in [6.07, 6.45) is 2.12. The number of fused-ring (bicyclic) bond motifs is 4. The van der Waals surface area contributed by atoms with Crippen LogP contribution in [0.1, 0.15) is 0 Å². The van der Waals surface area contributed by atoms with Gasteiger partial charge in [-0.25, -0.2) is 0 Å². The van der Waals surface area contributed by atoms with Crippen molar-refractivity contribution in [3.05, 3.63) is 165 Å². The first-order valence-corrected chi connectivity index (χ1v) is 15.4. The molecule has 47 heavy (non-hydrogen) atoms. The second kappa shape index (κ2) is 11.8. The van der Waals surface area contributed by atoms with Gasteiger partial charge in [0, 0.05) is 55.3 Å². The third kappa shape index (κ3) is 4.86. The van der Waals surface area contributed by atoms with Crippen LogP contribution in [0.3, 0.4) is 0 Å². The standard InChI is InChI=1S/C41H28N5.Pt/c1-43-28-44(39-22-11-10-21-38(39)43)31-17-12-18-33(25-31)46-37-20-9-8-19-34(37)35-24-23-32(26-40(35)46)45-27-36(29-13-4-2-5-14-29)41(42-45)30-15-6-3-7-16-30;/h2-24,27-28H,1H3;/q-3;. The Morgan fingerprint density at radius 3 is 2.06 bits per heavy atom. The van der Waals surface area contributed by atoms with Gasteiger partial charge in [-0.2, -0.15) is 23.9 Å². The van der Waals surface area contributed by atoms with Crippen LogP contribution in [0.25, 0.3) is 55.6 Å². The van der Waals surface area contributed by atoms with Crippen LogP contribution in [0.4, 0.5) is 17.1 Å². The van der Waals surface area contributed by atoms with E-state index in [0.29, 0.717) is 0 Å². The van der Waals surface area contributed by atoms with Crippen molar-refractivity contribution >= 4 is 38.9 Å². The molecule has 9 rings (SSSR count). The van der Waals surface area contributed by atoms with Crippen LogP contribution in [0.15, 0.2) is 146 Å². The van der Waals surface area contributed by atoms with Gasteiger partial charge in [-0.3, -0.25) is 4.68 Å². The van der Waals surface area contributed by atoms with Crippen molar-refractivity contribution in [2.24, 2.45) is 0 Å². The number of benzene rings is 6. The molecule has 8 aromatic rings. The van der Waals surface area contributed by atoms with Crippen LogP contribution in [0.5, 0.6) is 0 Å². The Labute approximate surface area is 288 Å². The van der Waals surface area contributed by atoms with E-state index >= 15 is 0 Å². The van der Waals surface area contributed by atoms with Gasteiger partial charge in [0.1, 0.15) is 5.69 Å². The molecule has 0 aliphatic carbocycles. The Bertz CT molecular complexity index is 2320. The van der Waals surface area contributed by atoms with Gasteiger partial charge in [-0.05, 0) is 41.9 Å². The monoisotopic (exact) mass is 785 g/mol. The molecule has 0 saturated carbocycles. The number of para-hydroxylation sites is 3. The van der Waals surface area contributed by atoms with E-state index in [2.05, 4.69) is 174 Å². The van der Waals surface area contributed by atoms with E-state index in [4.69, 9.17) is 5.10 Å². The van der Waals surface area contributed by atoms with Crippen molar-refractivity contribution in [1.29, 1.82) is 0 Å². The predicted molar refractivity (Wildman–Crippen MR) is 188 cm³/mol. The quantitative estimate of drug-likeness (QED) is 0.163. The van der Waals surface area contributed by atoms with E-state index in [-0.39, 0.29) is 21.1 Å². The SMILES string of the molecule is CN1[CH-]N(c2[c-]c(-n3c4[c-]c(-n5cc(-c6ccccc6)c(-c6ccccc6)n5)ccc4c4ccccc43)ccc2)c2ccccc21.[Pt]. The zero-order valence-electron chi connectivity index (χ0n) is 25.5. The summed E-state index contributed by atoms with van der Waals surface area (Å²) in [6, 6.07) is 55.9. The minimum atomic E-state index is 0. The van der Waals surface area contributed by atoms with E-state index in [1.165, 1.54) is 11.1 Å². The minimum absolute atomic E-state index is 0. The van der Waals surface area contributed by atoms with Gasteiger partial charge >= 0.3 is 0 Å². The number of aromatic nitrogens is 3. The second-order valence-electron chi connectivity index (χ2n) is 11.5. The molecule has 0 fully saturated rings. The second-order valence-corrected chi connectivity index (χ2v) is 11.5. The molecular formula is C41H28N5Pt-3. The van der Waals surface area contributed by atoms with Gasteiger partial charge in [0.25, 0.3) is 0 Å². The molecule has 0 saturated heterocycles. The Kier molecular flexibility index (Phi) is 7.27. The van der Waals surface area contributed by atoms with Gasteiger partial charge in [0.05, 0.1) is 0 Å². The topological polar surface area (TPSA) is 29.2 Å². The van der Waals surface area contributed by atoms with Gasteiger partial charge in [0.15, 0.2) is 0 Å². The van der Waals surface area contributed by atoms with Crippen LogP contribution in [-0.4, -0.2) is 21.4 Å². The summed E-state index contributed by atoms with van der Waals surface area (Å²) < 4.78 is 4.22. The molecule has 0 amide bonds. The van der Waals surface area contributed by atoms with Crippen LogP contribution in [0, 0.1) is 18.8 Å². The fourth-order valence-electron chi connectivity index (χ4n) is 6.57. The number of rotatable bonds is 5. The number of nitrogens with zero attached hydrogens (tertiary/aromatic N) is 5.